The van der Waals surface area contributed by atoms with E-state index in [0.717, 1.165) is 31.4 Å². The maximum atomic E-state index is 12.2. The summed E-state index contributed by atoms with van der Waals surface area (Å²) in [5.74, 6) is -0.167. The lowest BCUT2D eigenvalue weighted by Gasteiger charge is -2.21. The van der Waals surface area contributed by atoms with E-state index in [1.807, 2.05) is 6.07 Å². The number of nitrogens with two attached hydrogens (primary N) is 2. The third-order valence-corrected chi connectivity index (χ3v) is 3.98. The SMILES string of the molecule is NC(=O)CCNc1ccc(NC(=O)C2CCCCC2)cc1N. The Labute approximate surface area is 130 Å². The Morgan fingerprint density at radius 2 is 1.91 bits per heavy atom. The van der Waals surface area contributed by atoms with E-state index in [-0.39, 0.29) is 24.2 Å². The molecule has 6 heteroatoms. The van der Waals surface area contributed by atoms with Gasteiger partial charge in [0.1, 0.15) is 0 Å². The molecular weight excluding hydrogens is 280 g/mol. The molecule has 0 heterocycles. The number of nitrogen functional groups attached to an aromatic ring is 1. The van der Waals surface area contributed by atoms with Crippen molar-refractivity contribution in [2.75, 3.05) is 22.9 Å². The molecule has 1 saturated carbocycles. The Kier molecular flexibility index (Phi) is 5.63. The van der Waals surface area contributed by atoms with E-state index in [9.17, 15) is 9.59 Å². The maximum Gasteiger partial charge on any atom is 0.227 e. The first-order chi connectivity index (χ1) is 10.6. The average molecular weight is 304 g/mol. The van der Waals surface area contributed by atoms with Gasteiger partial charge in [0.05, 0.1) is 11.4 Å². The summed E-state index contributed by atoms with van der Waals surface area (Å²) in [5, 5.41) is 5.98. The third-order valence-electron chi connectivity index (χ3n) is 3.98. The lowest BCUT2D eigenvalue weighted by atomic mass is 9.88. The molecule has 2 rings (SSSR count). The van der Waals surface area contributed by atoms with Gasteiger partial charge in [-0.1, -0.05) is 19.3 Å². The van der Waals surface area contributed by atoms with Gasteiger partial charge in [-0.15, -0.1) is 0 Å². The predicted molar refractivity (Wildman–Crippen MR) is 88.4 cm³/mol. The van der Waals surface area contributed by atoms with Crippen LogP contribution >= 0.6 is 0 Å². The highest BCUT2D eigenvalue weighted by Crippen LogP contribution is 2.27. The number of hydrogen-bond acceptors (Lipinski definition) is 4. The van der Waals surface area contributed by atoms with Gasteiger partial charge < -0.3 is 22.1 Å². The summed E-state index contributed by atoms with van der Waals surface area (Å²) in [7, 11) is 0. The van der Waals surface area contributed by atoms with Gasteiger partial charge in [-0.2, -0.15) is 0 Å². The molecule has 6 nitrogen and oxygen atoms in total. The fourth-order valence-corrected chi connectivity index (χ4v) is 2.73. The second-order valence-electron chi connectivity index (χ2n) is 5.77. The van der Waals surface area contributed by atoms with Crippen LogP contribution < -0.4 is 22.1 Å². The molecular formula is C16H24N4O2. The van der Waals surface area contributed by atoms with Crippen LogP contribution in [-0.2, 0) is 9.59 Å². The molecule has 1 aliphatic rings. The predicted octanol–water partition coefficient (Wildman–Crippen LogP) is 2.07. The Bertz CT molecular complexity index is 539. The zero-order chi connectivity index (χ0) is 15.9. The molecule has 120 valence electrons. The van der Waals surface area contributed by atoms with E-state index in [2.05, 4.69) is 10.6 Å². The van der Waals surface area contributed by atoms with Crippen molar-refractivity contribution >= 4 is 28.9 Å². The number of carbonyl (C=O) groups excluding carboxylic acids is 2. The largest absolute Gasteiger partial charge is 0.397 e. The summed E-state index contributed by atoms with van der Waals surface area (Å²) in [4.78, 5) is 22.9. The summed E-state index contributed by atoms with van der Waals surface area (Å²) in [5.41, 5.74) is 13.0. The molecule has 0 bridgehead atoms. The van der Waals surface area contributed by atoms with Crippen molar-refractivity contribution in [3.8, 4) is 0 Å². The highest BCUT2D eigenvalue weighted by Gasteiger charge is 2.21. The zero-order valence-corrected chi connectivity index (χ0v) is 12.7. The molecule has 0 unspecified atom stereocenters. The maximum absolute atomic E-state index is 12.2. The first kappa shape index (κ1) is 16.1. The Morgan fingerprint density at radius 3 is 2.55 bits per heavy atom. The van der Waals surface area contributed by atoms with E-state index < -0.39 is 0 Å². The van der Waals surface area contributed by atoms with Crippen molar-refractivity contribution in [1.29, 1.82) is 0 Å². The Hall–Kier alpha value is -2.24. The highest BCUT2D eigenvalue weighted by atomic mass is 16.2. The normalized spacial score (nSPS) is 15.3. The number of rotatable bonds is 6. The van der Waals surface area contributed by atoms with Gasteiger partial charge in [-0.05, 0) is 31.0 Å². The Morgan fingerprint density at radius 1 is 1.18 bits per heavy atom. The van der Waals surface area contributed by atoms with Crippen LogP contribution in [0.25, 0.3) is 0 Å². The van der Waals surface area contributed by atoms with Crippen molar-refractivity contribution in [2.45, 2.75) is 38.5 Å². The molecule has 0 radical (unpaired) electrons. The van der Waals surface area contributed by atoms with Crippen molar-refractivity contribution in [1.82, 2.24) is 0 Å². The summed E-state index contributed by atoms with van der Waals surface area (Å²) in [6.45, 7) is 0.438. The number of anilines is 3. The number of hydrogen-bond donors (Lipinski definition) is 4. The number of benzene rings is 1. The van der Waals surface area contributed by atoms with Crippen LogP contribution in [0.5, 0.6) is 0 Å². The molecule has 0 spiro atoms. The van der Waals surface area contributed by atoms with E-state index in [4.69, 9.17) is 11.5 Å². The van der Waals surface area contributed by atoms with Crippen LogP contribution in [0.4, 0.5) is 17.1 Å². The smallest absolute Gasteiger partial charge is 0.227 e. The molecule has 0 saturated heterocycles. The van der Waals surface area contributed by atoms with Crippen molar-refractivity contribution < 1.29 is 9.59 Å². The first-order valence-electron chi connectivity index (χ1n) is 7.79. The second-order valence-corrected chi connectivity index (χ2v) is 5.77. The van der Waals surface area contributed by atoms with Gasteiger partial charge in [0.25, 0.3) is 0 Å². The topological polar surface area (TPSA) is 110 Å². The molecule has 22 heavy (non-hydrogen) atoms. The molecule has 1 aromatic carbocycles. The van der Waals surface area contributed by atoms with Crippen LogP contribution in [0.3, 0.4) is 0 Å². The standard InChI is InChI=1S/C16H24N4O2/c17-13-10-12(6-7-14(13)19-9-8-15(18)21)20-16(22)11-4-2-1-3-5-11/h6-7,10-11,19H,1-5,8-9,17H2,(H2,18,21)(H,20,22). The number of nitrogens with one attached hydrogen (secondary N) is 2. The van der Waals surface area contributed by atoms with Crippen LogP contribution in [-0.4, -0.2) is 18.4 Å². The molecule has 1 aliphatic carbocycles. The summed E-state index contributed by atoms with van der Waals surface area (Å²) in [6.07, 6.45) is 5.66. The van der Waals surface area contributed by atoms with Crippen LogP contribution in [0.2, 0.25) is 0 Å². The lowest BCUT2D eigenvalue weighted by molar-refractivity contribution is -0.120. The van der Waals surface area contributed by atoms with Crippen molar-refractivity contribution in [3.63, 3.8) is 0 Å². The van der Waals surface area contributed by atoms with E-state index >= 15 is 0 Å². The Balaban J connectivity index is 1.90. The monoisotopic (exact) mass is 304 g/mol. The second kappa shape index (κ2) is 7.68. The van der Waals surface area contributed by atoms with Gasteiger partial charge in [-0.25, -0.2) is 0 Å². The highest BCUT2D eigenvalue weighted by molar-refractivity contribution is 5.93. The third kappa shape index (κ3) is 4.65. The quantitative estimate of drug-likeness (QED) is 0.603. The molecule has 1 fully saturated rings. The summed E-state index contributed by atoms with van der Waals surface area (Å²) >= 11 is 0. The zero-order valence-electron chi connectivity index (χ0n) is 12.7. The summed E-state index contributed by atoms with van der Waals surface area (Å²) in [6, 6.07) is 5.34. The molecule has 0 aromatic heterocycles. The minimum absolute atomic E-state index is 0.0773. The minimum atomic E-state index is -0.359. The van der Waals surface area contributed by atoms with E-state index in [0.29, 0.717) is 17.9 Å². The summed E-state index contributed by atoms with van der Waals surface area (Å²) < 4.78 is 0. The van der Waals surface area contributed by atoms with Gasteiger partial charge in [0.2, 0.25) is 11.8 Å². The molecule has 6 N–H and O–H groups in total. The number of amides is 2. The molecule has 2 amide bonds. The van der Waals surface area contributed by atoms with Crippen LogP contribution in [0.1, 0.15) is 38.5 Å². The molecule has 0 aliphatic heterocycles. The van der Waals surface area contributed by atoms with E-state index in [1.165, 1.54) is 6.42 Å². The van der Waals surface area contributed by atoms with Gasteiger partial charge in [-0.3, -0.25) is 9.59 Å². The van der Waals surface area contributed by atoms with Crippen LogP contribution in [0, 0.1) is 5.92 Å². The minimum Gasteiger partial charge on any atom is -0.397 e. The average Bonchev–Trinajstić information content (AvgIpc) is 2.50. The van der Waals surface area contributed by atoms with Crippen LogP contribution in [0.15, 0.2) is 18.2 Å². The fourth-order valence-electron chi connectivity index (χ4n) is 2.73. The van der Waals surface area contributed by atoms with Gasteiger partial charge >= 0.3 is 0 Å². The van der Waals surface area contributed by atoms with Crippen molar-refractivity contribution in [2.24, 2.45) is 11.7 Å². The van der Waals surface area contributed by atoms with Gasteiger partial charge in [0.15, 0.2) is 0 Å². The fraction of sp³-hybridized carbons (Fsp3) is 0.500. The number of primary amides is 1. The van der Waals surface area contributed by atoms with Gasteiger partial charge in [0, 0.05) is 24.6 Å². The molecule has 0 atom stereocenters. The lowest BCUT2D eigenvalue weighted by Crippen LogP contribution is -2.24. The number of carbonyl (C=O) groups is 2. The first-order valence-corrected chi connectivity index (χ1v) is 7.79. The van der Waals surface area contributed by atoms with Crippen molar-refractivity contribution in [3.05, 3.63) is 18.2 Å². The van der Waals surface area contributed by atoms with E-state index in [1.54, 1.807) is 12.1 Å². The molecule has 1 aromatic rings.